The molecule has 1 aromatic heterocycles. The zero-order valence-corrected chi connectivity index (χ0v) is 9.61. The highest BCUT2D eigenvalue weighted by atomic mass is 35.5. The van der Waals surface area contributed by atoms with Gasteiger partial charge in [0.2, 0.25) is 0 Å². The normalized spacial score (nSPS) is 14.8. The average molecular weight is 254 g/mol. The van der Waals surface area contributed by atoms with Crippen LogP contribution in [0.15, 0.2) is 24.4 Å². The summed E-state index contributed by atoms with van der Waals surface area (Å²) in [5.74, 6) is -1.14. The van der Waals surface area contributed by atoms with Gasteiger partial charge in [0.05, 0.1) is 11.1 Å². The van der Waals surface area contributed by atoms with Crippen molar-refractivity contribution < 1.29 is 9.90 Å². The SMILES string of the molecule is N[C@H](C(=O)O)[C@@H](N)c1c[nH]c2cccc(Cl)c12. The summed E-state index contributed by atoms with van der Waals surface area (Å²) >= 11 is 6.07. The van der Waals surface area contributed by atoms with Gasteiger partial charge in [0.15, 0.2) is 0 Å². The second kappa shape index (κ2) is 4.37. The minimum Gasteiger partial charge on any atom is -0.480 e. The Morgan fingerprint density at radius 2 is 2.12 bits per heavy atom. The maximum atomic E-state index is 10.8. The molecule has 0 bridgehead atoms. The highest BCUT2D eigenvalue weighted by molar-refractivity contribution is 6.35. The van der Waals surface area contributed by atoms with Gasteiger partial charge in [-0.1, -0.05) is 17.7 Å². The number of fused-ring (bicyclic) bond motifs is 1. The summed E-state index contributed by atoms with van der Waals surface area (Å²) in [5.41, 5.74) is 12.8. The van der Waals surface area contributed by atoms with E-state index in [2.05, 4.69) is 4.98 Å². The van der Waals surface area contributed by atoms with Crippen molar-refractivity contribution in [2.45, 2.75) is 12.1 Å². The zero-order valence-electron chi connectivity index (χ0n) is 8.85. The Kier molecular flexibility index (Phi) is 3.06. The standard InChI is InChI=1S/C11H12ClN3O2/c12-6-2-1-3-7-8(6)5(4-15-7)9(13)10(14)11(16)17/h1-4,9-10,15H,13-14H2,(H,16,17)/t9-,10-/m0/s1. The smallest absolute Gasteiger partial charge is 0.322 e. The van der Waals surface area contributed by atoms with Gasteiger partial charge in [-0.05, 0) is 17.7 Å². The molecule has 90 valence electrons. The fourth-order valence-corrected chi connectivity index (χ4v) is 2.06. The molecule has 0 saturated carbocycles. The summed E-state index contributed by atoms with van der Waals surface area (Å²) < 4.78 is 0. The van der Waals surface area contributed by atoms with Crippen LogP contribution >= 0.6 is 11.6 Å². The third-order valence-electron chi connectivity index (χ3n) is 2.72. The Hall–Kier alpha value is -1.56. The van der Waals surface area contributed by atoms with Gasteiger partial charge in [-0.3, -0.25) is 4.79 Å². The van der Waals surface area contributed by atoms with Crippen LogP contribution in [-0.2, 0) is 4.79 Å². The molecule has 0 aliphatic rings. The van der Waals surface area contributed by atoms with Crippen LogP contribution in [0.2, 0.25) is 5.02 Å². The van der Waals surface area contributed by atoms with Crippen LogP contribution in [0.25, 0.3) is 10.9 Å². The molecular formula is C11H12ClN3O2. The van der Waals surface area contributed by atoms with Crippen molar-refractivity contribution in [3.8, 4) is 0 Å². The molecule has 0 amide bonds. The van der Waals surface area contributed by atoms with Crippen molar-refractivity contribution in [1.82, 2.24) is 4.98 Å². The lowest BCUT2D eigenvalue weighted by Crippen LogP contribution is -2.40. The van der Waals surface area contributed by atoms with Gasteiger partial charge >= 0.3 is 5.97 Å². The largest absolute Gasteiger partial charge is 0.480 e. The first kappa shape index (κ1) is 11.9. The van der Waals surface area contributed by atoms with Gasteiger partial charge in [-0.25, -0.2) is 0 Å². The molecule has 0 spiro atoms. The summed E-state index contributed by atoms with van der Waals surface area (Å²) in [7, 11) is 0. The van der Waals surface area contributed by atoms with Gasteiger partial charge < -0.3 is 21.6 Å². The number of carbonyl (C=O) groups is 1. The van der Waals surface area contributed by atoms with E-state index in [4.69, 9.17) is 28.2 Å². The number of nitrogens with two attached hydrogens (primary N) is 2. The molecule has 0 saturated heterocycles. The molecule has 0 radical (unpaired) electrons. The van der Waals surface area contributed by atoms with Gasteiger partial charge in [0, 0.05) is 17.1 Å². The third kappa shape index (κ3) is 2.00. The monoisotopic (exact) mass is 253 g/mol. The molecular weight excluding hydrogens is 242 g/mol. The number of nitrogens with one attached hydrogen (secondary N) is 1. The van der Waals surface area contributed by atoms with Crippen LogP contribution in [0.4, 0.5) is 0 Å². The molecule has 0 fully saturated rings. The molecule has 0 aliphatic carbocycles. The fourth-order valence-electron chi connectivity index (χ4n) is 1.78. The second-order valence-corrected chi connectivity index (χ2v) is 4.20. The Morgan fingerprint density at radius 3 is 2.76 bits per heavy atom. The number of carboxylic acid groups (broad SMARTS) is 1. The Balaban J connectivity index is 2.52. The second-order valence-electron chi connectivity index (χ2n) is 3.80. The summed E-state index contributed by atoms with van der Waals surface area (Å²) in [4.78, 5) is 13.8. The predicted octanol–water partition coefficient (Wildman–Crippen LogP) is 1.23. The molecule has 1 heterocycles. The summed E-state index contributed by atoms with van der Waals surface area (Å²) in [5, 5.41) is 10.1. The molecule has 17 heavy (non-hydrogen) atoms. The number of aromatic amines is 1. The van der Waals surface area contributed by atoms with E-state index < -0.39 is 18.1 Å². The Bertz CT molecular complexity index is 567. The summed E-state index contributed by atoms with van der Waals surface area (Å²) in [6.07, 6.45) is 1.64. The number of aliphatic carboxylic acids is 1. The molecule has 6 heteroatoms. The van der Waals surface area contributed by atoms with Crippen LogP contribution in [0.3, 0.4) is 0 Å². The van der Waals surface area contributed by atoms with E-state index in [0.29, 0.717) is 10.6 Å². The highest BCUT2D eigenvalue weighted by Crippen LogP contribution is 2.30. The molecule has 1 aromatic carbocycles. The summed E-state index contributed by atoms with van der Waals surface area (Å²) in [6.45, 7) is 0. The zero-order chi connectivity index (χ0) is 12.6. The van der Waals surface area contributed by atoms with Crippen LogP contribution in [-0.4, -0.2) is 22.1 Å². The van der Waals surface area contributed by atoms with E-state index in [9.17, 15) is 4.79 Å². The van der Waals surface area contributed by atoms with Gasteiger partial charge in [-0.2, -0.15) is 0 Å². The Morgan fingerprint density at radius 1 is 1.41 bits per heavy atom. The van der Waals surface area contributed by atoms with Crippen molar-refractivity contribution in [3.05, 3.63) is 35.0 Å². The number of aromatic nitrogens is 1. The molecule has 2 atom stereocenters. The maximum Gasteiger partial charge on any atom is 0.322 e. The Labute approximate surface area is 102 Å². The number of hydrogen-bond donors (Lipinski definition) is 4. The molecule has 5 nitrogen and oxygen atoms in total. The molecule has 0 unspecified atom stereocenters. The van der Waals surface area contributed by atoms with Crippen molar-refractivity contribution in [3.63, 3.8) is 0 Å². The molecule has 0 aliphatic heterocycles. The van der Waals surface area contributed by atoms with E-state index in [-0.39, 0.29) is 0 Å². The number of rotatable bonds is 3. The van der Waals surface area contributed by atoms with Gasteiger partial charge in [0.25, 0.3) is 0 Å². The van der Waals surface area contributed by atoms with Crippen molar-refractivity contribution in [1.29, 1.82) is 0 Å². The van der Waals surface area contributed by atoms with E-state index >= 15 is 0 Å². The van der Waals surface area contributed by atoms with Crippen LogP contribution < -0.4 is 11.5 Å². The predicted molar refractivity (Wildman–Crippen MR) is 65.8 cm³/mol. The number of hydrogen-bond acceptors (Lipinski definition) is 3. The van der Waals surface area contributed by atoms with Gasteiger partial charge in [0.1, 0.15) is 6.04 Å². The van der Waals surface area contributed by atoms with E-state index in [1.807, 2.05) is 6.07 Å². The maximum absolute atomic E-state index is 10.8. The van der Waals surface area contributed by atoms with Crippen molar-refractivity contribution >= 4 is 28.5 Å². The number of benzene rings is 1. The average Bonchev–Trinajstić information content (AvgIpc) is 2.72. The minimum absolute atomic E-state index is 0.520. The van der Waals surface area contributed by atoms with Crippen molar-refractivity contribution in [2.75, 3.05) is 0 Å². The van der Waals surface area contributed by atoms with Crippen molar-refractivity contribution in [2.24, 2.45) is 11.5 Å². The lowest BCUT2D eigenvalue weighted by atomic mass is 10.0. The number of halogens is 1. The van der Waals surface area contributed by atoms with E-state index in [1.165, 1.54) is 0 Å². The molecule has 2 aromatic rings. The van der Waals surface area contributed by atoms with E-state index in [0.717, 1.165) is 10.9 Å². The van der Waals surface area contributed by atoms with Crippen LogP contribution in [0, 0.1) is 0 Å². The first-order valence-electron chi connectivity index (χ1n) is 5.02. The summed E-state index contributed by atoms with van der Waals surface area (Å²) in [6, 6.07) is 3.39. The van der Waals surface area contributed by atoms with Crippen LogP contribution in [0.1, 0.15) is 11.6 Å². The fraction of sp³-hybridized carbons (Fsp3) is 0.182. The van der Waals surface area contributed by atoms with Crippen LogP contribution in [0.5, 0.6) is 0 Å². The number of H-pyrrole nitrogens is 1. The first-order chi connectivity index (χ1) is 8.02. The quantitative estimate of drug-likeness (QED) is 0.660. The topological polar surface area (TPSA) is 105 Å². The van der Waals surface area contributed by atoms with Gasteiger partial charge in [-0.15, -0.1) is 0 Å². The lowest BCUT2D eigenvalue weighted by molar-refractivity contribution is -0.139. The third-order valence-corrected chi connectivity index (χ3v) is 3.03. The van der Waals surface area contributed by atoms with E-state index in [1.54, 1.807) is 18.3 Å². The number of carboxylic acids is 1. The first-order valence-corrected chi connectivity index (χ1v) is 5.39. The molecule has 2 rings (SSSR count). The highest BCUT2D eigenvalue weighted by Gasteiger charge is 2.25. The molecule has 6 N–H and O–H groups in total. The minimum atomic E-state index is -1.16. The lowest BCUT2D eigenvalue weighted by Gasteiger charge is -2.15.